The fourth-order valence-electron chi connectivity index (χ4n) is 10.5. The molecule has 1 aliphatic heterocycles. The van der Waals surface area contributed by atoms with Gasteiger partial charge in [0, 0.05) is 19.6 Å². The number of rotatable bonds is 54. The molecular weight excluding hydrogens is 857 g/mol. The number of aliphatic hydroxyl groups is 3. The third kappa shape index (κ3) is 40.9. The minimum absolute atomic E-state index is 0.0719. The molecule has 0 aromatic carbocycles. The lowest BCUT2D eigenvalue weighted by Crippen LogP contribution is -2.61. The second-order valence-electron chi connectivity index (χ2n) is 22.1. The fraction of sp³-hybridized carbons (Fsp3) is 0.967. The molecule has 0 aromatic heterocycles. The first-order chi connectivity index (χ1) is 33.7. The third-order valence-corrected chi connectivity index (χ3v) is 15.1. The molecule has 0 aliphatic carbocycles. The van der Waals surface area contributed by atoms with Gasteiger partial charge in [-0.1, -0.05) is 240 Å². The molecule has 2 amide bonds. The van der Waals surface area contributed by atoms with E-state index in [1.54, 1.807) is 0 Å². The quantitative estimate of drug-likeness (QED) is 0.0384. The van der Waals surface area contributed by atoms with Gasteiger partial charge in [0.2, 0.25) is 11.8 Å². The first kappa shape index (κ1) is 65.8. The van der Waals surface area contributed by atoms with Crippen LogP contribution in [0, 0.1) is 0 Å². The molecule has 0 spiro atoms. The molecule has 0 radical (unpaired) electrons. The molecule has 1 saturated heterocycles. The Hall–Kier alpha value is -1.26. The average molecular weight is 978 g/mol. The zero-order valence-corrected chi connectivity index (χ0v) is 46.6. The summed E-state index contributed by atoms with van der Waals surface area (Å²) in [6.45, 7) is 13.6. The maximum atomic E-state index is 13.3. The van der Waals surface area contributed by atoms with Crippen LogP contribution in [-0.4, -0.2) is 107 Å². The Morgan fingerprint density at radius 2 is 0.565 bits per heavy atom. The van der Waals surface area contributed by atoms with Gasteiger partial charge < -0.3 is 30.9 Å². The van der Waals surface area contributed by atoms with Crippen molar-refractivity contribution in [3.63, 3.8) is 0 Å². The van der Waals surface area contributed by atoms with Crippen LogP contribution in [0.4, 0.5) is 0 Å². The molecule has 1 rings (SSSR count). The monoisotopic (exact) mass is 977 g/mol. The molecule has 0 aromatic rings. The summed E-state index contributed by atoms with van der Waals surface area (Å²) in [5.41, 5.74) is 0. The Morgan fingerprint density at radius 3 is 0.870 bits per heavy atom. The normalized spacial score (nSPS) is 16.7. The summed E-state index contributed by atoms with van der Waals surface area (Å²) >= 11 is 0. The van der Waals surface area contributed by atoms with E-state index in [9.17, 15) is 24.9 Å². The van der Waals surface area contributed by atoms with E-state index in [1.807, 2.05) is 0 Å². The largest absolute Gasteiger partial charge is 0.392 e. The number of unbranched alkanes of at least 4 members (excludes halogenated alkanes) is 32. The van der Waals surface area contributed by atoms with Crippen LogP contribution in [0.25, 0.3) is 0 Å². The molecule has 69 heavy (non-hydrogen) atoms. The van der Waals surface area contributed by atoms with Gasteiger partial charge in [0.05, 0.1) is 18.3 Å². The van der Waals surface area contributed by atoms with Crippen molar-refractivity contribution in [1.82, 2.24) is 20.4 Å². The van der Waals surface area contributed by atoms with Crippen molar-refractivity contribution in [2.75, 3.05) is 39.3 Å². The van der Waals surface area contributed by atoms with E-state index in [0.717, 1.165) is 90.4 Å². The van der Waals surface area contributed by atoms with Crippen molar-refractivity contribution in [3.8, 4) is 0 Å². The smallest absolute Gasteiger partial charge is 0.243 e. The summed E-state index contributed by atoms with van der Waals surface area (Å²) in [6.07, 6.45) is 49.5. The van der Waals surface area contributed by atoms with E-state index in [-0.39, 0.29) is 17.9 Å². The van der Waals surface area contributed by atoms with Gasteiger partial charge >= 0.3 is 0 Å². The predicted octanol–water partition coefficient (Wildman–Crippen LogP) is 14.5. The van der Waals surface area contributed by atoms with Crippen molar-refractivity contribution < 1.29 is 24.9 Å². The number of nitrogens with zero attached hydrogens (tertiary/aromatic N) is 2. The maximum Gasteiger partial charge on any atom is 0.243 e. The number of carbonyl (C=O) groups is 2. The van der Waals surface area contributed by atoms with Gasteiger partial charge in [-0.3, -0.25) is 14.5 Å². The molecule has 9 nitrogen and oxygen atoms in total. The second-order valence-corrected chi connectivity index (χ2v) is 22.1. The van der Waals surface area contributed by atoms with Crippen LogP contribution >= 0.6 is 0 Å². The second kappa shape index (κ2) is 49.0. The van der Waals surface area contributed by atoms with E-state index in [2.05, 4.69) is 48.1 Å². The SMILES string of the molecule is CCCCCCCCCCCCN(CCCC[C@@H]1NC(=O)[C@H](CCCCN(C[C@H](O)CCCCCCCCCC)C[C@@H](O)CCCCCCCCCC)NC1=O)C[C@H](O)CCCCCCCCCC. The van der Waals surface area contributed by atoms with Crippen LogP contribution in [0.15, 0.2) is 0 Å². The standard InChI is InChI=1S/C60H120N4O5/c1-5-9-13-17-21-25-26-30-34-40-48-63(51-54(65)43-35-31-27-22-18-14-10-6-2)49-41-38-46-57-59(68)62-58(60(69)61-57)47-39-42-50-64(52-55(66)44-36-32-28-23-19-15-11-7-3)53-56(67)45-37-33-29-24-20-16-12-8-4/h54-58,65-67H,5-53H2,1-4H3,(H,61,69)(H,62,68)/t54-,55-,56+,57+,58+/m1/s1. The van der Waals surface area contributed by atoms with Crippen molar-refractivity contribution in [2.24, 2.45) is 0 Å². The topological polar surface area (TPSA) is 125 Å². The van der Waals surface area contributed by atoms with Gasteiger partial charge in [-0.25, -0.2) is 0 Å². The van der Waals surface area contributed by atoms with Crippen molar-refractivity contribution in [1.29, 1.82) is 0 Å². The highest BCUT2D eigenvalue weighted by molar-refractivity contribution is 5.96. The molecule has 1 fully saturated rings. The number of hydrogen-bond acceptors (Lipinski definition) is 7. The highest BCUT2D eigenvalue weighted by Gasteiger charge is 2.33. The van der Waals surface area contributed by atoms with E-state index in [4.69, 9.17) is 0 Å². The fourth-order valence-corrected chi connectivity index (χ4v) is 10.5. The van der Waals surface area contributed by atoms with Crippen molar-refractivity contribution in [3.05, 3.63) is 0 Å². The number of amides is 2. The van der Waals surface area contributed by atoms with Gasteiger partial charge in [-0.15, -0.1) is 0 Å². The van der Waals surface area contributed by atoms with Gasteiger partial charge in [0.1, 0.15) is 12.1 Å². The summed E-state index contributed by atoms with van der Waals surface area (Å²) < 4.78 is 0. The Bertz CT molecular complexity index is 1090. The Balaban J connectivity index is 2.56. The predicted molar refractivity (Wildman–Crippen MR) is 296 cm³/mol. The van der Waals surface area contributed by atoms with E-state index in [0.29, 0.717) is 25.9 Å². The minimum Gasteiger partial charge on any atom is -0.392 e. The zero-order valence-electron chi connectivity index (χ0n) is 46.6. The van der Waals surface area contributed by atoms with Crippen LogP contribution in [0.5, 0.6) is 0 Å². The third-order valence-electron chi connectivity index (χ3n) is 15.1. The average Bonchev–Trinajstić information content (AvgIpc) is 3.33. The van der Waals surface area contributed by atoms with Gasteiger partial charge in [-0.05, 0) is 83.8 Å². The van der Waals surface area contributed by atoms with Crippen LogP contribution in [-0.2, 0) is 9.59 Å². The minimum atomic E-state index is -0.513. The van der Waals surface area contributed by atoms with Crippen molar-refractivity contribution in [2.45, 2.75) is 334 Å². The number of nitrogens with one attached hydrogen (secondary N) is 2. The van der Waals surface area contributed by atoms with Crippen LogP contribution < -0.4 is 10.6 Å². The molecular formula is C60H120N4O5. The Kier molecular flexibility index (Phi) is 46.7. The summed E-state index contributed by atoms with van der Waals surface area (Å²) in [6, 6.07) is -1.00. The number of aliphatic hydroxyl groups excluding tert-OH is 3. The van der Waals surface area contributed by atoms with Gasteiger partial charge in [0.25, 0.3) is 0 Å². The highest BCUT2D eigenvalue weighted by atomic mass is 16.3. The molecule has 9 heteroatoms. The van der Waals surface area contributed by atoms with Crippen LogP contribution in [0.3, 0.4) is 0 Å². The molecule has 0 bridgehead atoms. The van der Waals surface area contributed by atoms with Crippen molar-refractivity contribution >= 4 is 11.8 Å². The van der Waals surface area contributed by atoms with Gasteiger partial charge in [-0.2, -0.15) is 0 Å². The lowest BCUT2D eigenvalue weighted by molar-refractivity contribution is -0.137. The van der Waals surface area contributed by atoms with Crippen LogP contribution in [0.2, 0.25) is 0 Å². The van der Waals surface area contributed by atoms with Crippen LogP contribution in [0.1, 0.15) is 304 Å². The summed E-state index contributed by atoms with van der Waals surface area (Å²) in [4.78, 5) is 31.3. The van der Waals surface area contributed by atoms with Gasteiger partial charge in [0.15, 0.2) is 0 Å². The lowest BCUT2D eigenvalue weighted by atomic mass is 10.0. The first-order valence-electron chi connectivity index (χ1n) is 30.8. The maximum absolute atomic E-state index is 13.3. The Labute approximate surface area is 429 Å². The first-order valence-corrected chi connectivity index (χ1v) is 30.8. The number of hydrogen-bond donors (Lipinski definition) is 5. The molecule has 1 aliphatic rings. The molecule has 5 atom stereocenters. The number of carbonyl (C=O) groups excluding carboxylic acids is 2. The molecule has 0 unspecified atom stereocenters. The lowest BCUT2D eigenvalue weighted by Gasteiger charge is -2.30. The zero-order chi connectivity index (χ0) is 50.3. The molecule has 1 heterocycles. The molecule has 5 N–H and O–H groups in total. The molecule has 410 valence electrons. The van der Waals surface area contributed by atoms with E-state index >= 15 is 0 Å². The van der Waals surface area contributed by atoms with E-state index < -0.39 is 24.3 Å². The highest BCUT2D eigenvalue weighted by Crippen LogP contribution is 2.18. The summed E-state index contributed by atoms with van der Waals surface area (Å²) in [7, 11) is 0. The molecule has 0 saturated carbocycles. The van der Waals surface area contributed by atoms with E-state index in [1.165, 1.54) is 199 Å². The Morgan fingerprint density at radius 1 is 0.333 bits per heavy atom. The summed E-state index contributed by atoms with van der Waals surface area (Å²) in [5, 5.41) is 39.3. The number of piperazine rings is 1. The summed E-state index contributed by atoms with van der Waals surface area (Å²) in [5.74, 6) is -0.151.